The van der Waals surface area contributed by atoms with Crippen LogP contribution in [0.5, 0.6) is 11.5 Å². The van der Waals surface area contributed by atoms with Crippen LogP contribution in [0.2, 0.25) is 0 Å². The average Bonchev–Trinajstić information content (AvgIpc) is 3.11. The summed E-state index contributed by atoms with van der Waals surface area (Å²) >= 11 is 0. The Kier molecular flexibility index (Phi) is 10.7. The highest BCUT2D eigenvalue weighted by atomic mass is 16.5. The Morgan fingerprint density at radius 3 is 1.35 bits per heavy atom. The Hall–Kier alpha value is -2.08. The number of nitrogens with zero attached hydrogens (tertiary/aromatic N) is 2. The first-order valence-electron chi connectivity index (χ1n) is 13.3. The van der Waals surface area contributed by atoms with E-state index >= 15 is 0 Å². The first-order valence-corrected chi connectivity index (χ1v) is 13.3. The fourth-order valence-electron chi connectivity index (χ4n) is 4.89. The fourth-order valence-corrected chi connectivity index (χ4v) is 4.89. The summed E-state index contributed by atoms with van der Waals surface area (Å²) < 4.78 is 12.1. The van der Waals surface area contributed by atoms with E-state index in [9.17, 15) is 5.11 Å². The Bertz CT molecular complexity index is 802. The van der Waals surface area contributed by atoms with Crippen molar-refractivity contribution in [1.29, 1.82) is 0 Å². The van der Waals surface area contributed by atoms with Crippen LogP contribution in [0.4, 0.5) is 0 Å². The van der Waals surface area contributed by atoms with Gasteiger partial charge in [0.05, 0.1) is 0 Å². The van der Waals surface area contributed by atoms with E-state index in [1.807, 2.05) is 24.3 Å². The van der Waals surface area contributed by atoms with Gasteiger partial charge in [-0.1, -0.05) is 39.8 Å². The molecule has 0 unspecified atom stereocenters. The van der Waals surface area contributed by atoms with Gasteiger partial charge in [0.15, 0.2) is 0 Å². The topological polar surface area (TPSA) is 45.2 Å². The first-order chi connectivity index (χ1) is 16.6. The van der Waals surface area contributed by atoms with Crippen LogP contribution in [0.25, 0.3) is 11.1 Å². The van der Waals surface area contributed by atoms with Gasteiger partial charge in [-0.05, 0) is 98.4 Å². The summed E-state index contributed by atoms with van der Waals surface area (Å²) in [6.45, 7) is 16.5. The molecule has 1 N–H and O–H groups in total. The van der Waals surface area contributed by atoms with Gasteiger partial charge < -0.3 is 14.6 Å². The van der Waals surface area contributed by atoms with E-state index in [0.29, 0.717) is 13.2 Å². The van der Waals surface area contributed by atoms with Gasteiger partial charge in [0.25, 0.3) is 0 Å². The van der Waals surface area contributed by atoms with Gasteiger partial charge in [0.1, 0.15) is 30.8 Å². The number of hydrogen-bond donors (Lipinski definition) is 1. The molecule has 0 aliphatic heterocycles. The summed E-state index contributed by atoms with van der Waals surface area (Å²) in [4.78, 5) is 4.90. The molecule has 3 rings (SSSR count). The molecule has 5 nitrogen and oxygen atoms in total. The lowest BCUT2D eigenvalue weighted by molar-refractivity contribution is 0.205. The SMILES string of the molecule is CCCN(CCC)CCOc1ccc2c(c1)C(O)c1cc(OCCN(CCC)CCC)ccc1-2. The molecule has 0 fully saturated rings. The van der Waals surface area contributed by atoms with Crippen molar-refractivity contribution in [3.05, 3.63) is 47.5 Å². The molecular weight excluding hydrogens is 424 g/mol. The number of ether oxygens (including phenoxy) is 2. The molecule has 0 bridgehead atoms. The van der Waals surface area contributed by atoms with Crippen LogP contribution in [-0.2, 0) is 0 Å². The minimum absolute atomic E-state index is 0.648. The molecule has 0 saturated carbocycles. The molecule has 0 spiro atoms. The van der Waals surface area contributed by atoms with E-state index in [0.717, 1.165) is 98.7 Å². The fraction of sp³-hybridized carbons (Fsp3) is 0.586. The zero-order valence-corrected chi connectivity index (χ0v) is 21.7. The molecule has 2 aromatic carbocycles. The highest BCUT2D eigenvalue weighted by Gasteiger charge is 2.28. The van der Waals surface area contributed by atoms with Gasteiger partial charge in [-0.2, -0.15) is 0 Å². The monoisotopic (exact) mass is 468 g/mol. The third kappa shape index (κ3) is 6.97. The average molecular weight is 469 g/mol. The van der Waals surface area contributed by atoms with Crippen molar-refractivity contribution in [3.8, 4) is 22.6 Å². The van der Waals surface area contributed by atoms with Crippen LogP contribution in [0.3, 0.4) is 0 Å². The molecule has 0 radical (unpaired) electrons. The molecule has 1 aliphatic rings. The molecular formula is C29H44N2O3. The molecule has 0 amide bonds. The summed E-state index contributed by atoms with van der Waals surface area (Å²) in [5, 5.41) is 11.1. The molecule has 0 aromatic heterocycles. The number of aliphatic hydroxyl groups excluding tert-OH is 1. The van der Waals surface area contributed by atoms with Crippen molar-refractivity contribution in [1.82, 2.24) is 9.80 Å². The van der Waals surface area contributed by atoms with Crippen molar-refractivity contribution in [2.45, 2.75) is 59.5 Å². The first kappa shape index (κ1) is 26.5. The van der Waals surface area contributed by atoms with Crippen LogP contribution >= 0.6 is 0 Å². The van der Waals surface area contributed by atoms with Crippen molar-refractivity contribution >= 4 is 0 Å². The zero-order valence-electron chi connectivity index (χ0n) is 21.7. The molecule has 5 heteroatoms. The van der Waals surface area contributed by atoms with Gasteiger partial charge in [0.2, 0.25) is 0 Å². The van der Waals surface area contributed by atoms with Crippen LogP contribution in [0.15, 0.2) is 36.4 Å². The maximum Gasteiger partial charge on any atom is 0.119 e. The Balaban J connectivity index is 1.59. The van der Waals surface area contributed by atoms with Crippen LogP contribution in [-0.4, -0.2) is 67.4 Å². The number of rotatable bonds is 16. The van der Waals surface area contributed by atoms with Crippen LogP contribution in [0, 0.1) is 0 Å². The second-order valence-corrected chi connectivity index (χ2v) is 9.28. The number of aliphatic hydroxyl groups is 1. The summed E-state index contributed by atoms with van der Waals surface area (Å²) in [5.41, 5.74) is 4.00. The molecule has 0 saturated heterocycles. The summed E-state index contributed by atoms with van der Waals surface area (Å²) in [5.74, 6) is 1.64. The Labute approximate surface area is 206 Å². The highest BCUT2D eigenvalue weighted by molar-refractivity contribution is 5.79. The summed E-state index contributed by atoms with van der Waals surface area (Å²) in [6.07, 6.45) is 3.98. The van der Waals surface area contributed by atoms with Gasteiger partial charge in [-0.3, -0.25) is 9.80 Å². The maximum atomic E-state index is 11.1. The number of hydrogen-bond acceptors (Lipinski definition) is 5. The van der Waals surface area contributed by atoms with Gasteiger partial charge in [0, 0.05) is 13.1 Å². The smallest absolute Gasteiger partial charge is 0.119 e. The van der Waals surface area contributed by atoms with Gasteiger partial charge >= 0.3 is 0 Å². The lowest BCUT2D eigenvalue weighted by atomic mass is 10.1. The molecule has 188 valence electrons. The second-order valence-electron chi connectivity index (χ2n) is 9.28. The third-order valence-electron chi connectivity index (χ3n) is 6.44. The van der Waals surface area contributed by atoms with E-state index in [4.69, 9.17) is 9.47 Å². The molecule has 2 aromatic rings. The molecule has 1 aliphatic carbocycles. The van der Waals surface area contributed by atoms with Crippen molar-refractivity contribution < 1.29 is 14.6 Å². The lowest BCUT2D eigenvalue weighted by Gasteiger charge is -2.21. The van der Waals surface area contributed by atoms with Crippen molar-refractivity contribution in [3.63, 3.8) is 0 Å². The third-order valence-corrected chi connectivity index (χ3v) is 6.44. The van der Waals surface area contributed by atoms with E-state index in [-0.39, 0.29) is 0 Å². The van der Waals surface area contributed by atoms with Crippen LogP contribution in [0.1, 0.15) is 70.6 Å². The second kappa shape index (κ2) is 13.7. The molecule has 0 heterocycles. The Morgan fingerprint density at radius 1 is 0.618 bits per heavy atom. The van der Waals surface area contributed by atoms with Crippen LogP contribution < -0.4 is 9.47 Å². The zero-order chi connectivity index (χ0) is 24.3. The quantitative estimate of drug-likeness (QED) is 0.340. The standard InChI is InChI=1S/C29H44N2O3/c1-5-13-30(14-6-2)17-19-33-23-9-11-25-26-12-10-24(22-28(26)29(32)27(25)21-23)34-20-18-31(15-7-3)16-8-4/h9-12,21-22,29,32H,5-8,13-20H2,1-4H3. The number of fused-ring (bicyclic) bond motifs is 3. The summed E-state index contributed by atoms with van der Waals surface area (Å²) in [6, 6.07) is 12.2. The molecule has 34 heavy (non-hydrogen) atoms. The Morgan fingerprint density at radius 2 is 1.00 bits per heavy atom. The van der Waals surface area contributed by atoms with E-state index < -0.39 is 6.10 Å². The van der Waals surface area contributed by atoms with Crippen molar-refractivity contribution in [2.75, 3.05) is 52.5 Å². The molecule has 0 atom stereocenters. The van der Waals surface area contributed by atoms with E-state index in [1.54, 1.807) is 0 Å². The summed E-state index contributed by atoms with van der Waals surface area (Å²) in [7, 11) is 0. The van der Waals surface area contributed by atoms with Gasteiger partial charge in [-0.25, -0.2) is 0 Å². The maximum absolute atomic E-state index is 11.1. The number of benzene rings is 2. The normalized spacial score (nSPS) is 12.9. The van der Waals surface area contributed by atoms with E-state index in [2.05, 4.69) is 49.6 Å². The predicted molar refractivity (Wildman–Crippen MR) is 141 cm³/mol. The predicted octanol–water partition coefficient (Wildman–Crippen LogP) is 5.75. The van der Waals surface area contributed by atoms with Gasteiger partial charge in [-0.15, -0.1) is 0 Å². The lowest BCUT2D eigenvalue weighted by Crippen LogP contribution is -2.30. The highest BCUT2D eigenvalue weighted by Crippen LogP contribution is 2.45. The minimum Gasteiger partial charge on any atom is -0.492 e. The van der Waals surface area contributed by atoms with E-state index in [1.165, 1.54) is 0 Å². The van der Waals surface area contributed by atoms with Crippen molar-refractivity contribution in [2.24, 2.45) is 0 Å². The minimum atomic E-state index is -0.648. The largest absolute Gasteiger partial charge is 0.492 e.